The largest absolute Gasteiger partial charge is 0.468 e. The fraction of sp³-hybridized carbons (Fsp3) is 0.800. The maximum Gasteiger partial charge on any atom is 0.324 e. The molecule has 3 atom stereocenters. The number of hydrogen-bond acceptors (Lipinski definition) is 8. The smallest absolute Gasteiger partial charge is 0.324 e. The molecule has 0 aromatic heterocycles. The third-order valence-corrected chi connectivity index (χ3v) is 4.28. The van der Waals surface area contributed by atoms with Gasteiger partial charge in [0.1, 0.15) is 0 Å². The highest BCUT2D eigenvalue weighted by molar-refractivity contribution is 6.10. The first-order chi connectivity index (χ1) is 10.8. The van der Waals surface area contributed by atoms with Crippen LogP contribution in [0.4, 0.5) is 0 Å². The highest BCUT2D eigenvalue weighted by Crippen LogP contribution is 2.64. The molecule has 0 radical (unpaired) electrons. The van der Waals surface area contributed by atoms with Crippen molar-refractivity contribution in [1.29, 1.82) is 0 Å². The van der Waals surface area contributed by atoms with E-state index in [0.29, 0.717) is 0 Å². The van der Waals surface area contributed by atoms with Crippen LogP contribution >= 0.6 is 0 Å². The molecule has 0 bridgehead atoms. The lowest BCUT2D eigenvalue weighted by Crippen LogP contribution is -2.35. The third-order valence-electron chi connectivity index (χ3n) is 4.28. The minimum absolute atomic E-state index is 0.133. The molecule has 1 heterocycles. The Morgan fingerprint density at radius 3 is 2.09 bits per heavy atom. The summed E-state index contributed by atoms with van der Waals surface area (Å²) in [4.78, 5) is 36.9. The van der Waals surface area contributed by atoms with Crippen molar-refractivity contribution in [2.75, 3.05) is 27.4 Å². The predicted octanol–water partition coefficient (Wildman–Crippen LogP) is 0.279. The molecular weight excluding hydrogens is 308 g/mol. The highest BCUT2D eigenvalue weighted by atomic mass is 16.7. The van der Waals surface area contributed by atoms with Crippen LogP contribution in [0.25, 0.3) is 0 Å². The molecule has 1 saturated carbocycles. The van der Waals surface area contributed by atoms with Gasteiger partial charge < -0.3 is 23.7 Å². The number of hydrogen-bond donors (Lipinski definition) is 0. The first-order valence-electron chi connectivity index (χ1n) is 7.41. The molecular formula is C15H22O8. The SMILES string of the molecule is CCOC(=O)[C@H]1[C@H]([C@@H]2COC(C)(C)O2)C1(C(=O)OC)C(=O)OC. The summed E-state index contributed by atoms with van der Waals surface area (Å²) in [6, 6.07) is 0. The Labute approximate surface area is 134 Å². The lowest BCUT2D eigenvalue weighted by molar-refractivity contribution is -0.167. The van der Waals surface area contributed by atoms with Gasteiger partial charge in [-0.1, -0.05) is 0 Å². The van der Waals surface area contributed by atoms with Gasteiger partial charge in [0.15, 0.2) is 11.2 Å². The fourth-order valence-corrected chi connectivity index (χ4v) is 3.33. The molecule has 23 heavy (non-hydrogen) atoms. The first-order valence-corrected chi connectivity index (χ1v) is 7.41. The van der Waals surface area contributed by atoms with Gasteiger partial charge in [0, 0.05) is 5.92 Å². The Bertz CT molecular complexity index is 496. The van der Waals surface area contributed by atoms with Crippen LogP contribution in [-0.2, 0) is 38.1 Å². The summed E-state index contributed by atoms with van der Waals surface area (Å²) < 4.78 is 25.7. The van der Waals surface area contributed by atoms with Crippen LogP contribution in [0.15, 0.2) is 0 Å². The second-order valence-corrected chi connectivity index (χ2v) is 5.97. The summed E-state index contributed by atoms with van der Waals surface area (Å²) in [5, 5.41) is 0. The monoisotopic (exact) mass is 330 g/mol. The molecule has 0 amide bonds. The summed E-state index contributed by atoms with van der Waals surface area (Å²) in [5.74, 6) is -4.93. The molecule has 0 N–H and O–H groups in total. The van der Waals surface area contributed by atoms with Gasteiger partial charge in [-0.2, -0.15) is 0 Å². The van der Waals surface area contributed by atoms with Crippen LogP contribution < -0.4 is 0 Å². The molecule has 1 aliphatic carbocycles. The maximum absolute atomic E-state index is 12.3. The number of methoxy groups -OCH3 is 2. The van der Waals surface area contributed by atoms with Crippen LogP contribution in [0.2, 0.25) is 0 Å². The van der Waals surface area contributed by atoms with E-state index in [9.17, 15) is 14.4 Å². The standard InChI is InChI=1S/C15H22O8/c1-6-21-11(16)10-9(8-7-22-14(2,3)23-8)15(10,12(17)19-4)13(18)20-5/h8-10H,6-7H2,1-5H3/t8-,9-,10+/m0/s1. The quantitative estimate of drug-likeness (QED) is 0.403. The van der Waals surface area contributed by atoms with E-state index < -0.39 is 47.0 Å². The van der Waals surface area contributed by atoms with Gasteiger partial charge in [-0.05, 0) is 20.8 Å². The lowest BCUT2D eigenvalue weighted by atomic mass is 10.0. The van der Waals surface area contributed by atoms with E-state index in [1.165, 1.54) is 0 Å². The van der Waals surface area contributed by atoms with E-state index in [1.54, 1.807) is 20.8 Å². The number of carbonyl (C=O) groups excluding carboxylic acids is 3. The molecule has 2 fully saturated rings. The van der Waals surface area contributed by atoms with Crippen molar-refractivity contribution in [1.82, 2.24) is 0 Å². The molecule has 0 spiro atoms. The van der Waals surface area contributed by atoms with E-state index in [1.807, 2.05) is 0 Å². The second kappa shape index (κ2) is 6.09. The zero-order chi connectivity index (χ0) is 17.4. The van der Waals surface area contributed by atoms with E-state index in [2.05, 4.69) is 0 Å². The van der Waals surface area contributed by atoms with Crippen molar-refractivity contribution in [3.63, 3.8) is 0 Å². The van der Waals surface area contributed by atoms with Crippen LogP contribution in [-0.4, -0.2) is 57.2 Å². The van der Waals surface area contributed by atoms with Crippen molar-refractivity contribution < 1.29 is 38.1 Å². The molecule has 2 rings (SSSR count). The minimum Gasteiger partial charge on any atom is -0.468 e. The third kappa shape index (κ3) is 2.70. The molecule has 0 aromatic carbocycles. The van der Waals surface area contributed by atoms with Crippen molar-refractivity contribution >= 4 is 17.9 Å². The summed E-state index contributed by atoms with van der Waals surface area (Å²) in [6.45, 7) is 5.36. The van der Waals surface area contributed by atoms with Crippen LogP contribution in [0.1, 0.15) is 20.8 Å². The highest BCUT2D eigenvalue weighted by Gasteiger charge is 2.82. The first kappa shape index (κ1) is 17.7. The topological polar surface area (TPSA) is 97.4 Å². The number of esters is 3. The van der Waals surface area contributed by atoms with Gasteiger partial charge in [0.2, 0.25) is 0 Å². The minimum atomic E-state index is -1.75. The Hall–Kier alpha value is -1.67. The lowest BCUT2D eigenvalue weighted by Gasteiger charge is -2.18. The van der Waals surface area contributed by atoms with Gasteiger partial charge >= 0.3 is 17.9 Å². The second-order valence-electron chi connectivity index (χ2n) is 5.97. The van der Waals surface area contributed by atoms with Gasteiger partial charge in [0.05, 0.1) is 39.5 Å². The van der Waals surface area contributed by atoms with Gasteiger partial charge in [-0.25, -0.2) is 0 Å². The van der Waals surface area contributed by atoms with Crippen molar-refractivity contribution in [2.24, 2.45) is 17.3 Å². The summed E-state index contributed by atoms with van der Waals surface area (Å²) in [5.41, 5.74) is -1.75. The summed E-state index contributed by atoms with van der Waals surface area (Å²) >= 11 is 0. The Morgan fingerprint density at radius 2 is 1.70 bits per heavy atom. The maximum atomic E-state index is 12.3. The molecule has 1 aliphatic heterocycles. The van der Waals surface area contributed by atoms with E-state index in [0.717, 1.165) is 14.2 Å². The van der Waals surface area contributed by atoms with Gasteiger partial charge in [0.25, 0.3) is 0 Å². The summed E-state index contributed by atoms with van der Waals surface area (Å²) in [7, 11) is 2.31. The predicted molar refractivity (Wildman–Crippen MR) is 75.0 cm³/mol. The fourth-order valence-electron chi connectivity index (χ4n) is 3.33. The van der Waals surface area contributed by atoms with Crippen molar-refractivity contribution in [3.8, 4) is 0 Å². The van der Waals surface area contributed by atoms with E-state index >= 15 is 0 Å². The number of rotatable bonds is 5. The Kier molecular flexibility index (Phi) is 4.68. The van der Waals surface area contributed by atoms with Gasteiger partial charge in [-0.15, -0.1) is 0 Å². The van der Waals surface area contributed by atoms with Crippen LogP contribution in [0.5, 0.6) is 0 Å². The number of ether oxygens (including phenoxy) is 5. The average molecular weight is 330 g/mol. The summed E-state index contributed by atoms with van der Waals surface area (Å²) in [6.07, 6.45) is -0.613. The van der Waals surface area contributed by atoms with E-state index in [4.69, 9.17) is 23.7 Å². The average Bonchev–Trinajstić information content (AvgIpc) is 3.09. The Balaban J connectivity index is 2.38. The van der Waals surface area contributed by atoms with E-state index in [-0.39, 0.29) is 13.2 Å². The molecule has 130 valence electrons. The molecule has 1 saturated heterocycles. The Morgan fingerprint density at radius 1 is 1.13 bits per heavy atom. The zero-order valence-corrected chi connectivity index (χ0v) is 13.9. The van der Waals surface area contributed by atoms with Gasteiger partial charge in [-0.3, -0.25) is 14.4 Å². The van der Waals surface area contributed by atoms with Crippen LogP contribution in [0.3, 0.4) is 0 Å². The number of carbonyl (C=O) groups is 3. The normalized spacial score (nSPS) is 30.4. The molecule has 8 nitrogen and oxygen atoms in total. The molecule has 2 aliphatic rings. The molecule has 8 heteroatoms. The molecule has 0 aromatic rings. The zero-order valence-electron chi connectivity index (χ0n) is 13.9. The van der Waals surface area contributed by atoms with Crippen LogP contribution in [0, 0.1) is 17.3 Å². The van der Waals surface area contributed by atoms with Crippen molar-refractivity contribution in [2.45, 2.75) is 32.7 Å². The van der Waals surface area contributed by atoms with Crippen molar-refractivity contribution in [3.05, 3.63) is 0 Å². The molecule has 0 unspecified atom stereocenters.